The molecule has 0 bridgehead atoms. The first-order valence-electron chi connectivity index (χ1n) is 10.4. The highest BCUT2D eigenvalue weighted by molar-refractivity contribution is 6.06. The molecule has 0 unspecified atom stereocenters. The topological polar surface area (TPSA) is 81.0 Å². The van der Waals surface area contributed by atoms with Crippen LogP contribution in [0.1, 0.15) is 41.5 Å². The van der Waals surface area contributed by atoms with Crippen molar-refractivity contribution in [1.82, 2.24) is 19.7 Å². The van der Waals surface area contributed by atoms with Gasteiger partial charge in [-0.3, -0.25) is 9.59 Å². The number of halogens is 1. The zero-order valence-corrected chi connectivity index (χ0v) is 18.5. The SMILES string of the molecule is CC(C)(C)NC(=O)c1ccc(NC(=O)c2cnn(-c3ccccc3F)c2-n2cccc2)cc1. The molecule has 168 valence electrons. The number of amides is 2. The van der Waals surface area contributed by atoms with Crippen LogP contribution in [-0.2, 0) is 0 Å². The molecule has 0 saturated carbocycles. The third-order valence-electron chi connectivity index (χ3n) is 4.81. The highest BCUT2D eigenvalue weighted by atomic mass is 19.1. The van der Waals surface area contributed by atoms with Crippen molar-refractivity contribution in [2.45, 2.75) is 26.3 Å². The Morgan fingerprint density at radius 1 is 0.909 bits per heavy atom. The van der Waals surface area contributed by atoms with Gasteiger partial charge in [0, 0.05) is 29.2 Å². The number of carbonyl (C=O) groups is 2. The van der Waals surface area contributed by atoms with Crippen LogP contribution in [0.25, 0.3) is 11.5 Å². The summed E-state index contributed by atoms with van der Waals surface area (Å²) in [6.07, 6.45) is 4.92. The molecule has 4 rings (SSSR count). The molecule has 2 N–H and O–H groups in total. The average Bonchev–Trinajstić information content (AvgIpc) is 3.43. The summed E-state index contributed by atoms with van der Waals surface area (Å²) >= 11 is 0. The number of aromatic nitrogens is 3. The smallest absolute Gasteiger partial charge is 0.261 e. The van der Waals surface area contributed by atoms with E-state index in [2.05, 4.69) is 15.7 Å². The van der Waals surface area contributed by atoms with Crippen LogP contribution in [0.15, 0.2) is 79.3 Å². The van der Waals surface area contributed by atoms with Crippen LogP contribution in [0.4, 0.5) is 10.1 Å². The third kappa shape index (κ3) is 4.85. The second kappa shape index (κ2) is 8.74. The van der Waals surface area contributed by atoms with E-state index in [4.69, 9.17) is 0 Å². The molecule has 7 nitrogen and oxygen atoms in total. The predicted molar refractivity (Wildman–Crippen MR) is 124 cm³/mol. The third-order valence-corrected chi connectivity index (χ3v) is 4.81. The number of carbonyl (C=O) groups excluding carboxylic acids is 2. The second-order valence-electron chi connectivity index (χ2n) is 8.57. The molecule has 2 heterocycles. The lowest BCUT2D eigenvalue weighted by molar-refractivity contribution is 0.0919. The Balaban J connectivity index is 1.62. The molecule has 0 aliphatic heterocycles. The van der Waals surface area contributed by atoms with E-state index >= 15 is 0 Å². The summed E-state index contributed by atoms with van der Waals surface area (Å²) in [5.41, 5.74) is 1.16. The molecule has 2 aromatic carbocycles. The van der Waals surface area contributed by atoms with E-state index < -0.39 is 11.7 Å². The monoisotopic (exact) mass is 445 g/mol. The molecule has 2 aromatic heterocycles. The predicted octanol–water partition coefficient (Wildman–Crippen LogP) is 4.58. The Morgan fingerprint density at radius 3 is 2.21 bits per heavy atom. The highest BCUT2D eigenvalue weighted by Crippen LogP contribution is 2.23. The summed E-state index contributed by atoms with van der Waals surface area (Å²) in [6.45, 7) is 5.72. The first kappa shape index (κ1) is 22.0. The van der Waals surface area contributed by atoms with Crippen molar-refractivity contribution < 1.29 is 14.0 Å². The lowest BCUT2D eigenvalue weighted by Gasteiger charge is -2.20. The van der Waals surface area contributed by atoms with Gasteiger partial charge in [-0.1, -0.05) is 12.1 Å². The van der Waals surface area contributed by atoms with Crippen molar-refractivity contribution in [3.8, 4) is 11.5 Å². The van der Waals surface area contributed by atoms with Gasteiger partial charge in [-0.05, 0) is 69.3 Å². The number of nitrogens with one attached hydrogen (secondary N) is 2. The fraction of sp³-hybridized carbons (Fsp3) is 0.160. The quantitative estimate of drug-likeness (QED) is 0.472. The van der Waals surface area contributed by atoms with Crippen LogP contribution in [-0.4, -0.2) is 31.7 Å². The molecule has 33 heavy (non-hydrogen) atoms. The maximum Gasteiger partial charge on any atom is 0.261 e. The van der Waals surface area contributed by atoms with Gasteiger partial charge in [0.25, 0.3) is 11.8 Å². The van der Waals surface area contributed by atoms with Gasteiger partial charge in [0.05, 0.1) is 6.20 Å². The maximum atomic E-state index is 14.5. The van der Waals surface area contributed by atoms with Crippen molar-refractivity contribution in [3.05, 3.63) is 96.2 Å². The standard InChI is InChI=1S/C25H24FN5O2/c1-25(2,3)29-22(32)17-10-12-18(13-11-17)28-23(33)19-16-27-31(21-9-5-4-8-20(21)26)24(19)30-14-6-7-15-30/h4-16H,1-3H3,(H,28,33)(H,29,32). The van der Waals surface area contributed by atoms with Crippen LogP contribution in [0, 0.1) is 5.82 Å². The number of hydrogen-bond acceptors (Lipinski definition) is 3. The lowest BCUT2D eigenvalue weighted by atomic mass is 10.1. The number of anilines is 1. The van der Waals surface area contributed by atoms with Crippen LogP contribution >= 0.6 is 0 Å². The molecular weight excluding hydrogens is 421 g/mol. The van der Waals surface area contributed by atoms with Crippen molar-refractivity contribution in [3.63, 3.8) is 0 Å². The molecule has 0 fully saturated rings. The molecular formula is C25H24FN5O2. The number of hydrogen-bond donors (Lipinski definition) is 2. The Kier molecular flexibility index (Phi) is 5.83. The summed E-state index contributed by atoms with van der Waals surface area (Å²) in [5, 5.41) is 10.00. The van der Waals surface area contributed by atoms with Gasteiger partial charge in [0.1, 0.15) is 17.1 Å². The zero-order valence-electron chi connectivity index (χ0n) is 18.5. The van der Waals surface area contributed by atoms with Crippen LogP contribution < -0.4 is 10.6 Å². The minimum atomic E-state index is -0.454. The van der Waals surface area contributed by atoms with Gasteiger partial charge in [-0.25, -0.2) is 9.07 Å². The Hall–Kier alpha value is -4.20. The molecule has 0 saturated heterocycles. The van der Waals surface area contributed by atoms with Gasteiger partial charge in [-0.2, -0.15) is 5.10 Å². The van der Waals surface area contributed by atoms with Crippen LogP contribution in [0.5, 0.6) is 0 Å². The van der Waals surface area contributed by atoms with Crippen molar-refractivity contribution >= 4 is 17.5 Å². The van der Waals surface area contributed by atoms with Crippen molar-refractivity contribution in [2.24, 2.45) is 0 Å². The summed E-state index contributed by atoms with van der Waals surface area (Å²) in [5.74, 6) is -0.650. The molecule has 0 aliphatic rings. The fourth-order valence-electron chi connectivity index (χ4n) is 3.34. The molecule has 2 amide bonds. The normalized spacial score (nSPS) is 11.3. The molecule has 0 aliphatic carbocycles. The Labute approximate surface area is 190 Å². The van der Waals surface area contributed by atoms with Gasteiger partial charge in [0.15, 0.2) is 5.82 Å². The minimum absolute atomic E-state index is 0.193. The Morgan fingerprint density at radius 2 is 1.58 bits per heavy atom. The molecule has 0 radical (unpaired) electrons. The zero-order chi connectivity index (χ0) is 23.6. The first-order valence-corrected chi connectivity index (χ1v) is 10.4. The van der Waals surface area contributed by atoms with Gasteiger partial charge < -0.3 is 15.2 Å². The summed E-state index contributed by atoms with van der Waals surface area (Å²) < 4.78 is 17.6. The van der Waals surface area contributed by atoms with E-state index in [0.717, 1.165) is 0 Å². The van der Waals surface area contributed by atoms with Crippen LogP contribution in [0.3, 0.4) is 0 Å². The number of benzene rings is 2. The molecule has 4 aromatic rings. The Bertz CT molecular complexity index is 1290. The molecule has 0 atom stereocenters. The summed E-state index contributed by atoms with van der Waals surface area (Å²) in [7, 11) is 0. The van der Waals surface area contributed by atoms with Crippen LogP contribution in [0.2, 0.25) is 0 Å². The number of rotatable bonds is 5. The van der Waals surface area contributed by atoms with Gasteiger partial charge >= 0.3 is 0 Å². The number of nitrogens with zero attached hydrogens (tertiary/aromatic N) is 3. The van der Waals surface area contributed by atoms with Crippen molar-refractivity contribution in [1.29, 1.82) is 0 Å². The van der Waals surface area contributed by atoms with Gasteiger partial charge in [-0.15, -0.1) is 0 Å². The average molecular weight is 445 g/mol. The number of para-hydroxylation sites is 1. The minimum Gasteiger partial charge on any atom is -0.347 e. The van der Waals surface area contributed by atoms with E-state index in [1.807, 2.05) is 32.9 Å². The van der Waals surface area contributed by atoms with E-state index in [1.54, 1.807) is 59.4 Å². The fourth-order valence-corrected chi connectivity index (χ4v) is 3.34. The van der Waals surface area contributed by atoms with E-state index in [9.17, 15) is 14.0 Å². The maximum absolute atomic E-state index is 14.5. The highest BCUT2D eigenvalue weighted by Gasteiger charge is 2.22. The lowest BCUT2D eigenvalue weighted by Crippen LogP contribution is -2.40. The molecule has 8 heteroatoms. The second-order valence-corrected chi connectivity index (χ2v) is 8.57. The summed E-state index contributed by atoms with van der Waals surface area (Å²) in [4.78, 5) is 25.4. The van der Waals surface area contributed by atoms with Gasteiger partial charge in [0.2, 0.25) is 0 Å². The summed E-state index contributed by atoms with van der Waals surface area (Å²) in [6, 6.07) is 16.5. The van der Waals surface area contributed by atoms with Crippen molar-refractivity contribution in [2.75, 3.05) is 5.32 Å². The van der Waals surface area contributed by atoms with E-state index in [1.165, 1.54) is 16.9 Å². The van der Waals surface area contributed by atoms with E-state index in [0.29, 0.717) is 17.1 Å². The van der Waals surface area contributed by atoms with E-state index in [-0.39, 0.29) is 22.7 Å². The molecule has 0 spiro atoms. The first-order chi connectivity index (χ1) is 15.7. The largest absolute Gasteiger partial charge is 0.347 e.